The minimum absolute atomic E-state index is 0.00770. The molecule has 0 saturated carbocycles. The largest absolute Gasteiger partial charge is 0.243 e. The highest BCUT2D eigenvalue weighted by molar-refractivity contribution is 7.89. The molecule has 1 fully saturated rings. The van der Waals surface area contributed by atoms with Crippen LogP contribution in [0.2, 0.25) is 0 Å². The van der Waals surface area contributed by atoms with E-state index in [2.05, 4.69) is 4.99 Å². The average molecular weight is 312 g/mol. The number of hydrogen-bond donors (Lipinski definition) is 0. The summed E-state index contributed by atoms with van der Waals surface area (Å²) < 4.78 is 40.1. The number of rotatable bonds is 3. The van der Waals surface area contributed by atoms with Gasteiger partial charge in [0.15, 0.2) is 0 Å². The average Bonchev–Trinajstić information content (AvgIpc) is 2.41. The van der Waals surface area contributed by atoms with Gasteiger partial charge in [0.2, 0.25) is 16.1 Å². The second-order valence-electron chi connectivity index (χ2n) is 5.27. The Kier molecular flexibility index (Phi) is 4.56. The number of isocyanates is 1. The van der Waals surface area contributed by atoms with Crippen molar-refractivity contribution in [3.8, 4) is 0 Å². The molecule has 0 radical (unpaired) electrons. The van der Waals surface area contributed by atoms with Crippen LogP contribution in [0, 0.1) is 12.7 Å². The lowest BCUT2D eigenvalue weighted by Gasteiger charge is -2.35. The second-order valence-corrected chi connectivity index (χ2v) is 7.13. The van der Waals surface area contributed by atoms with Crippen LogP contribution in [0.25, 0.3) is 0 Å². The first kappa shape index (κ1) is 15.8. The van der Waals surface area contributed by atoms with Gasteiger partial charge in [-0.2, -0.15) is 4.31 Å². The van der Waals surface area contributed by atoms with Gasteiger partial charge < -0.3 is 0 Å². The standard InChI is InChI=1S/C14H17FN2O3S/c1-10-3-4-12(15)8-14(10)21(19,20)17-6-5-13(16-9-18)7-11(17)2/h3-4,8,11,13H,5-7H2,1-2H3. The van der Waals surface area contributed by atoms with Crippen molar-refractivity contribution in [1.82, 2.24) is 4.31 Å². The quantitative estimate of drug-likeness (QED) is 0.633. The molecule has 0 N–H and O–H groups in total. The Balaban J connectivity index is 2.32. The maximum absolute atomic E-state index is 13.4. The van der Waals surface area contributed by atoms with E-state index in [-0.39, 0.29) is 23.5 Å². The Labute approximate surface area is 123 Å². The summed E-state index contributed by atoms with van der Waals surface area (Å²) in [7, 11) is -3.75. The monoisotopic (exact) mass is 312 g/mol. The smallest absolute Gasteiger partial charge is 0.211 e. The Bertz CT molecular complexity index is 683. The minimum atomic E-state index is -3.75. The first-order valence-electron chi connectivity index (χ1n) is 6.71. The molecule has 0 spiro atoms. The van der Waals surface area contributed by atoms with Gasteiger partial charge in [-0.1, -0.05) is 6.07 Å². The van der Waals surface area contributed by atoms with Crippen molar-refractivity contribution in [2.75, 3.05) is 6.54 Å². The van der Waals surface area contributed by atoms with E-state index in [1.54, 1.807) is 13.8 Å². The van der Waals surface area contributed by atoms with Gasteiger partial charge in [-0.15, -0.1) is 0 Å². The third kappa shape index (κ3) is 3.20. The zero-order valence-electron chi connectivity index (χ0n) is 11.9. The highest BCUT2D eigenvalue weighted by Gasteiger charge is 2.35. The Hall–Kier alpha value is -1.56. The van der Waals surface area contributed by atoms with Gasteiger partial charge in [0.1, 0.15) is 5.82 Å². The van der Waals surface area contributed by atoms with Crippen LogP contribution < -0.4 is 0 Å². The molecule has 1 saturated heterocycles. The van der Waals surface area contributed by atoms with Crippen molar-refractivity contribution in [2.24, 2.45) is 4.99 Å². The molecule has 1 aromatic carbocycles. The van der Waals surface area contributed by atoms with Gasteiger partial charge in [-0.05, 0) is 44.4 Å². The predicted molar refractivity (Wildman–Crippen MR) is 75.6 cm³/mol. The van der Waals surface area contributed by atoms with Crippen molar-refractivity contribution in [3.05, 3.63) is 29.6 Å². The fraction of sp³-hybridized carbons (Fsp3) is 0.500. The van der Waals surface area contributed by atoms with Gasteiger partial charge in [0.25, 0.3) is 0 Å². The molecule has 1 heterocycles. The summed E-state index contributed by atoms with van der Waals surface area (Å²) in [5, 5.41) is 0. The Morgan fingerprint density at radius 1 is 1.43 bits per heavy atom. The number of aryl methyl sites for hydroxylation is 1. The van der Waals surface area contributed by atoms with E-state index < -0.39 is 15.8 Å². The number of nitrogens with zero attached hydrogens (tertiary/aromatic N) is 2. The minimum Gasteiger partial charge on any atom is -0.211 e. The summed E-state index contributed by atoms with van der Waals surface area (Å²) in [6, 6.07) is 3.25. The third-order valence-corrected chi connectivity index (χ3v) is 5.92. The molecule has 7 heteroatoms. The number of aliphatic imine (C=N–C) groups is 1. The van der Waals surface area contributed by atoms with Crippen molar-refractivity contribution in [2.45, 2.75) is 43.7 Å². The van der Waals surface area contributed by atoms with E-state index in [4.69, 9.17) is 0 Å². The van der Waals surface area contributed by atoms with Gasteiger partial charge >= 0.3 is 0 Å². The number of benzene rings is 1. The number of piperidine rings is 1. The molecule has 1 aliphatic heterocycles. The molecule has 0 amide bonds. The van der Waals surface area contributed by atoms with E-state index in [0.29, 0.717) is 18.4 Å². The van der Waals surface area contributed by atoms with Crippen molar-refractivity contribution in [1.29, 1.82) is 0 Å². The summed E-state index contributed by atoms with van der Waals surface area (Å²) in [6.07, 6.45) is 2.44. The normalized spacial score (nSPS) is 23.6. The van der Waals surface area contributed by atoms with Crippen LogP contribution in [0.5, 0.6) is 0 Å². The summed E-state index contributed by atoms with van der Waals surface area (Å²) in [5.74, 6) is -0.577. The van der Waals surface area contributed by atoms with Crippen molar-refractivity contribution < 1.29 is 17.6 Å². The number of halogens is 1. The Morgan fingerprint density at radius 2 is 2.14 bits per heavy atom. The van der Waals surface area contributed by atoms with Gasteiger partial charge in [-0.25, -0.2) is 22.6 Å². The van der Waals surface area contributed by atoms with E-state index in [9.17, 15) is 17.6 Å². The molecule has 2 atom stereocenters. The lowest BCUT2D eigenvalue weighted by atomic mass is 10.0. The molecule has 2 rings (SSSR count). The zero-order valence-corrected chi connectivity index (χ0v) is 12.7. The summed E-state index contributed by atoms with van der Waals surface area (Å²) >= 11 is 0. The van der Waals surface area contributed by atoms with Gasteiger partial charge in [0, 0.05) is 12.6 Å². The molecule has 0 bridgehead atoms. The summed E-state index contributed by atoms with van der Waals surface area (Å²) in [5.41, 5.74) is 0.511. The molecule has 5 nitrogen and oxygen atoms in total. The Morgan fingerprint density at radius 3 is 2.76 bits per heavy atom. The van der Waals surface area contributed by atoms with E-state index >= 15 is 0 Å². The van der Waals surface area contributed by atoms with Crippen LogP contribution in [-0.4, -0.2) is 37.4 Å². The lowest BCUT2D eigenvalue weighted by molar-refractivity contribution is 0.248. The first-order valence-corrected chi connectivity index (χ1v) is 8.15. The van der Waals surface area contributed by atoms with Crippen molar-refractivity contribution in [3.63, 3.8) is 0 Å². The van der Waals surface area contributed by atoms with Crippen LogP contribution in [0.3, 0.4) is 0 Å². The lowest BCUT2D eigenvalue weighted by Crippen LogP contribution is -2.45. The van der Waals surface area contributed by atoms with Gasteiger partial charge in [0.05, 0.1) is 10.9 Å². The van der Waals surface area contributed by atoms with Gasteiger partial charge in [-0.3, -0.25) is 0 Å². The maximum atomic E-state index is 13.4. The second kappa shape index (κ2) is 6.05. The van der Waals surface area contributed by atoms with Crippen LogP contribution in [0.1, 0.15) is 25.3 Å². The topological polar surface area (TPSA) is 66.8 Å². The molecule has 2 unspecified atom stereocenters. The van der Waals surface area contributed by atoms with Crippen LogP contribution >= 0.6 is 0 Å². The van der Waals surface area contributed by atoms with Crippen molar-refractivity contribution >= 4 is 16.1 Å². The molecular formula is C14H17FN2O3S. The van der Waals surface area contributed by atoms with E-state index in [1.165, 1.54) is 22.5 Å². The van der Waals surface area contributed by atoms with Crippen LogP contribution in [0.15, 0.2) is 28.1 Å². The maximum Gasteiger partial charge on any atom is 0.243 e. The molecule has 21 heavy (non-hydrogen) atoms. The summed E-state index contributed by atoms with van der Waals surface area (Å²) in [6.45, 7) is 3.66. The highest BCUT2D eigenvalue weighted by atomic mass is 32.2. The molecule has 0 aliphatic carbocycles. The zero-order chi connectivity index (χ0) is 15.6. The first-order chi connectivity index (χ1) is 9.86. The fourth-order valence-corrected chi connectivity index (χ4v) is 4.55. The highest BCUT2D eigenvalue weighted by Crippen LogP contribution is 2.28. The molecule has 114 valence electrons. The molecule has 1 aromatic rings. The van der Waals surface area contributed by atoms with Crippen LogP contribution in [-0.2, 0) is 14.8 Å². The van der Waals surface area contributed by atoms with E-state index in [1.807, 2.05) is 0 Å². The molecule has 0 aromatic heterocycles. The number of carbonyl (C=O) groups excluding carboxylic acids is 1. The summed E-state index contributed by atoms with van der Waals surface area (Å²) in [4.78, 5) is 14.0. The van der Waals surface area contributed by atoms with Crippen LogP contribution in [0.4, 0.5) is 4.39 Å². The fourth-order valence-electron chi connectivity index (χ4n) is 2.65. The SMILES string of the molecule is Cc1ccc(F)cc1S(=O)(=O)N1CCC(N=C=O)CC1C. The third-order valence-electron chi connectivity index (χ3n) is 3.76. The van der Waals surface area contributed by atoms with E-state index in [0.717, 1.165) is 6.07 Å². The number of sulfonamides is 1. The number of hydrogen-bond acceptors (Lipinski definition) is 4. The molecular weight excluding hydrogens is 295 g/mol. The predicted octanol–water partition coefficient (Wildman–Crippen LogP) is 2.01. The molecule has 1 aliphatic rings.